The first-order valence-electron chi connectivity index (χ1n) is 11.3. The van der Waals surface area contributed by atoms with Gasteiger partial charge in [0.05, 0.1) is 11.9 Å². The van der Waals surface area contributed by atoms with Crippen molar-refractivity contribution in [2.75, 3.05) is 35.1 Å². The summed E-state index contributed by atoms with van der Waals surface area (Å²) in [6, 6.07) is 14.7. The topological polar surface area (TPSA) is 69.7 Å². The van der Waals surface area contributed by atoms with E-state index in [9.17, 15) is 13.2 Å². The van der Waals surface area contributed by atoms with E-state index in [-0.39, 0.29) is 12.5 Å². The van der Waals surface area contributed by atoms with Gasteiger partial charge >= 0.3 is 0 Å². The van der Waals surface area contributed by atoms with Crippen LogP contribution in [0.2, 0.25) is 0 Å². The molecular formula is C25H35N3O3S. The Kier molecular flexibility index (Phi) is 7.82. The van der Waals surface area contributed by atoms with Gasteiger partial charge in [-0.1, -0.05) is 24.3 Å². The summed E-state index contributed by atoms with van der Waals surface area (Å²) in [5.41, 5.74) is 5.38. The first-order chi connectivity index (χ1) is 15.1. The van der Waals surface area contributed by atoms with Crippen molar-refractivity contribution in [3.63, 3.8) is 0 Å². The van der Waals surface area contributed by atoms with Crippen LogP contribution < -0.4 is 14.5 Å². The van der Waals surface area contributed by atoms with Crippen molar-refractivity contribution in [1.29, 1.82) is 0 Å². The summed E-state index contributed by atoms with van der Waals surface area (Å²) < 4.78 is 26.0. The second kappa shape index (κ2) is 10.4. The Hall–Kier alpha value is -2.54. The van der Waals surface area contributed by atoms with E-state index in [0.29, 0.717) is 31.1 Å². The molecule has 174 valence electrons. The molecule has 6 nitrogen and oxygen atoms in total. The normalized spacial score (nSPS) is 15.5. The van der Waals surface area contributed by atoms with Gasteiger partial charge in [0.25, 0.3) is 0 Å². The van der Waals surface area contributed by atoms with E-state index in [2.05, 4.69) is 41.4 Å². The molecule has 1 heterocycles. The Morgan fingerprint density at radius 3 is 2.50 bits per heavy atom. The monoisotopic (exact) mass is 457 g/mol. The van der Waals surface area contributed by atoms with E-state index in [1.54, 1.807) is 0 Å². The van der Waals surface area contributed by atoms with Crippen LogP contribution in [0.1, 0.15) is 42.9 Å². The number of rotatable bonds is 10. The lowest BCUT2D eigenvalue weighted by molar-refractivity contribution is -0.121. The molecular weight excluding hydrogens is 422 g/mol. The fraction of sp³-hybridized carbons (Fsp3) is 0.480. The number of para-hydroxylation sites is 1. The molecule has 1 amide bonds. The molecule has 1 aliphatic heterocycles. The maximum absolute atomic E-state index is 12.3. The third-order valence-corrected chi connectivity index (χ3v) is 7.10. The number of benzene rings is 2. The average Bonchev–Trinajstić information content (AvgIpc) is 3.02. The van der Waals surface area contributed by atoms with Crippen LogP contribution in [0.4, 0.5) is 11.4 Å². The average molecular weight is 458 g/mol. The predicted molar refractivity (Wildman–Crippen MR) is 132 cm³/mol. The molecule has 3 rings (SSSR count). The molecule has 0 fully saturated rings. The number of amides is 1. The molecule has 0 aromatic heterocycles. The summed E-state index contributed by atoms with van der Waals surface area (Å²) in [7, 11) is -3.41. The van der Waals surface area contributed by atoms with Crippen LogP contribution in [-0.4, -0.2) is 46.3 Å². The fourth-order valence-corrected chi connectivity index (χ4v) is 5.45. The molecule has 0 radical (unpaired) electrons. The SMILES string of the molecule is Cc1cc(C)cc(N(CCCC(=O)NCCCN2c3ccccc3CC2C)S(C)(=O)=O)c1. The highest BCUT2D eigenvalue weighted by molar-refractivity contribution is 7.92. The van der Waals surface area contributed by atoms with E-state index < -0.39 is 10.0 Å². The van der Waals surface area contributed by atoms with Gasteiger partial charge in [-0.15, -0.1) is 0 Å². The van der Waals surface area contributed by atoms with E-state index in [4.69, 9.17) is 0 Å². The summed E-state index contributed by atoms with van der Waals surface area (Å²) in [6.07, 6.45) is 3.94. The Morgan fingerprint density at radius 2 is 1.81 bits per heavy atom. The van der Waals surface area contributed by atoms with Crippen molar-refractivity contribution in [2.24, 2.45) is 0 Å². The van der Waals surface area contributed by atoms with E-state index in [1.807, 2.05) is 32.0 Å². The largest absolute Gasteiger partial charge is 0.368 e. The van der Waals surface area contributed by atoms with Crippen LogP contribution >= 0.6 is 0 Å². The van der Waals surface area contributed by atoms with Crippen molar-refractivity contribution in [3.05, 3.63) is 59.2 Å². The second-order valence-corrected chi connectivity index (χ2v) is 10.8. The number of hydrogen-bond acceptors (Lipinski definition) is 4. The number of anilines is 2. The number of carbonyl (C=O) groups excluding carboxylic acids is 1. The van der Waals surface area contributed by atoms with Crippen molar-refractivity contribution < 1.29 is 13.2 Å². The zero-order valence-corrected chi connectivity index (χ0v) is 20.4. The van der Waals surface area contributed by atoms with E-state index >= 15 is 0 Å². The maximum Gasteiger partial charge on any atom is 0.232 e. The number of fused-ring (bicyclic) bond motifs is 1. The van der Waals surface area contributed by atoms with Crippen LogP contribution in [0.15, 0.2) is 42.5 Å². The third kappa shape index (κ3) is 6.25. The van der Waals surface area contributed by atoms with Crippen LogP contribution in [0, 0.1) is 13.8 Å². The van der Waals surface area contributed by atoms with Crippen molar-refractivity contribution in [3.8, 4) is 0 Å². The number of nitrogens with one attached hydrogen (secondary N) is 1. The summed E-state index contributed by atoms with van der Waals surface area (Å²) in [4.78, 5) is 14.7. The molecule has 1 atom stereocenters. The Labute approximate surface area is 192 Å². The van der Waals surface area contributed by atoms with Gasteiger partial charge in [-0.2, -0.15) is 0 Å². The van der Waals surface area contributed by atoms with Crippen molar-refractivity contribution in [1.82, 2.24) is 5.32 Å². The van der Waals surface area contributed by atoms with Crippen molar-refractivity contribution in [2.45, 2.75) is 52.5 Å². The molecule has 2 aromatic carbocycles. The van der Waals surface area contributed by atoms with E-state index in [0.717, 1.165) is 30.5 Å². The Balaban J connectivity index is 1.43. The van der Waals surface area contributed by atoms with Gasteiger partial charge in [-0.3, -0.25) is 9.10 Å². The Bertz CT molecular complexity index is 1030. The van der Waals surface area contributed by atoms with Gasteiger partial charge in [0.1, 0.15) is 0 Å². The molecule has 0 spiro atoms. The molecule has 7 heteroatoms. The summed E-state index contributed by atoms with van der Waals surface area (Å²) in [6.45, 7) is 7.96. The first kappa shape index (κ1) is 24.1. The molecule has 0 saturated heterocycles. The number of sulfonamides is 1. The molecule has 1 N–H and O–H groups in total. The fourth-order valence-electron chi connectivity index (χ4n) is 4.50. The number of carbonyl (C=O) groups is 1. The van der Waals surface area contributed by atoms with Crippen LogP contribution in [-0.2, 0) is 21.2 Å². The number of hydrogen-bond donors (Lipinski definition) is 1. The molecule has 32 heavy (non-hydrogen) atoms. The zero-order valence-electron chi connectivity index (χ0n) is 19.6. The van der Waals surface area contributed by atoms with Gasteiger partial charge in [-0.05, 0) is 74.9 Å². The first-order valence-corrected chi connectivity index (χ1v) is 13.2. The van der Waals surface area contributed by atoms with Crippen LogP contribution in [0.25, 0.3) is 0 Å². The minimum Gasteiger partial charge on any atom is -0.368 e. The van der Waals surface area contributed by atoms with Gasteiger partial charge in [-0.25, -0.2) is 8.42 Å². The van der Waals surface area contributed by atoms with E-state index in [1.165, 1.54) is 21.8 Å². The smallest absolute Gasteiger partial charge is 0.232 e. The summed E-state index contributed by atoms with van der Waals surface area (Å²) in [5.74, 6) is -0.0336. The summed E-state index contributed by atoms with van der Waals surface area (Å²) >= 11 is 0. The lowest BCUT2D eigenvalue weighted by Crippen LogP contribution is -2.34. The van der Waals surface area contributed by atoms with Gasteiger partial charge in [0.15, 0.2) is 0 Å². The number of aryl methyl sites for hydroxylation is 2. The molecule has 2 aromatic rings. The number of nitrogens with zero attached hydrogens (tertiary/aromatic N) is 2. The lowest BCUT2D eigenvalue weighted by Gasteiger charge is -2.25. The molecule has 0 saturated carbocycles. The predicted octanol–water partition coefficient (Wildman–Crippen LogP) is 3.81. The summed E-state index contributed by atoms with van der Waals surface area (Å²) in [5, 5.41) is 2.98. The molecule has 1 aliphatic rings. The maximum atomic E-state index is 12.3. The highest BCUT2D eigenvalue weighted by Gasteiger charge is 2.24. The quantitative estimate of drug-likeness (QED) is 0.551. The highest BCUT2D eigenvalue weighted by atomic mass is 32.2. The molecule has 1 unspecified atom stereocenters. The van der Waals surface area contributed by atoms with Gasteiger partial charge in [0.2, 0.25) is 15.9 Å². The minimum atomic E-state index is -3.41. The highest BCUT2D eigenvalue weighted by Crippen LogP contribution is 2.31. The molecule has 0 bridgehead atoms. The van der Waals surface area contributed by atoms with Crippen LogP contribution in [0.3, 0.4) is 0 Å². The minimum absolute atomic E-state index is 0.0336. The van der Waals surface area contributed by atoms with Crippen LogP contribution in [0.5, 0.6) is 0 Å². The molecule has 0 aliphatic carbocycles. The zero-order chi connectivity index (χ0) is 23.3. The van der Waals surface area contributed by atoms with Gasteiger partial charge in [0, 0.05) is 37.8 Å². The standard InChI is InChI=1S/C25H35N3O3S/c1-19-15-20(2)17-23(16-19)28(32(4,30)31)14-7-11-25(29)26-12-8-13-27-21(3)18-22-9-5-6-10-24(22)27/h5-6,9-10,15-17,21H,7-8,11-14,18H2,1-4H3,(H,26,29). The van der Waals surface area contributed by atoms with Crippen molar-refractivity contribution >= 4 is 27.3 Å². The second-order valence-electron chi connectivity index (χ2n) is 8.86. The third-order valence-electron chi connectivity index (χ3n) is 5.91. The Morgan fingerprint density at radius 1 is 1.12 bits per heavy atom. The van der Waals surface area contributed by atoms with Gasteiger partial charge < -0.3 is 10.2 Å². The lowest BCUT2D eigenvalue weighted by atomic mass is 10.1.